The van der Waals surface area contributed by atoms with Gasteiger partial charge in [0.2, 0.25) is 0 Å². The SMILES string of the molecule is Cc1cc2[nH]nc(/C=C/c3ccccn3)c2cc1NCc1ccccn1. The second-order valence-electron chi connectivity index (χ2n) is 6.08. The lowest BCUT2D eigenvalue weighted by molar-refractivity contribution is 1.04. The Kier molecular flexibility index (Phi) is 4.43. The van der Waals surface area contributed by atoms with E-state index in [1.54, 1.807) is 6.20 Å². The zero-order chi connectivity index (χ0) is 17.8. The number of nitrogens with zero attached hydrogens (tertiary/aromatic N) is 3. The van der Waals surface area contributed by atoms with Crippen LogP contribution in [-0.2, 0) is 6.54 Å². The summed E-state index contributed by atoms with van der Waals surface area (Å²) in [5, 5.41) is 12.1. The van der Waals surface area contributed by atoms with Crippen molar-refractivity contribution in [3.63, 3.8) is 0 Å². The molecular weight excluding hydrogens is 322 g/mol. The molecule has 3 aromatic heterocycles. The second kappa shape index (κ2) is 7.19. The van der Waals surface area contributed by atoms with Gasteiger partial charge in [0.15, 0.2) is 0 Å². The molecule has 2 N–H and O–H groups in total. The molecule has 26 heavy (non-hydrogen) atoms. The van der Waals surface area contributed by atoms with Crippen LogP contribution in [0.1, 0.15) is 22.6 Å². The number of aromatic amines is 1. The Morgan fingerprint density at radius 1 is 1.00 bits per heavy atom. The van der Waals surface area contributed by atoms with Gasteiger partial charge in [-0.1, -0.05) is 12.1 Å². The average molecular weight is 341 g/mol. The minimum atomic E-state index is 0.685. The molecule has 3 heterocycles. The lowest BCUT2D eigenvalue weighted by Gasteiger charge is -2.09. The second-order valence-corrected chi connectivity index (χ2v) is 6.08. The van der Waals surface area contributed by atoms with Crippen LogP contribution in [0.2, 0.25) is 0 Å². The maximum atomic E-state index is 4.43. The summed E-state index contributed by atoms with van der Waals surface area (Å²) in [5.74, 6) is 0. The van der Waals surface area contributed by atoms with Gasteiger partial charge < -0.3 is 5.32 Å². The van der Waals surface area contributed by atoms with Crippen molar-refractivity contribution in [1.29, 1.82) is 0 Å². The molecule has 0 atom stereocenters. The third kappa shape index (κ3) is 3.47. The first-order valence-corrected chi connectivity index (χ1v) is 8.51. The van der Waals surface area contributed by atoms with Crippen molar-refractivity contribution < 1.29 is 0 Å². The fourth-order valence-corrected chi connectivity index (χ4v) is 2.84. The first-order chi connectivity index (χ1) is 12.8. The van der Waals surface area contributed by atoms with Gasteiger partial charge >= 0.3 is 0 Å². The minimum Gasteiger partial charge on any atom is -0.379 e. The number of pyridine rings is 2. The summed E-state index contributed by atoms with van der Waals surface area (Å²) in [7, 11) is 0. The molecule has 128 valence electrons. The molecule has 0 aliphatic heterocycles. The predicted molar refractivity (Wildman–Crippen MR) is 106 cm³/mol. The highest BCUT2D eigenvalue weighted by Crippen LogP contribution is 2.26. The number of rotatable bonds is 5. The lowest BCUT2D eigenvalue weighted by atomic mass is 10.1. The van der Waals surface area contributed by atoms with E-state index in [9.17, 15) is 0 Å². The third-order valence-electron chi connectivity index (χ3n) is 4.22. The molecule has 4 rings (SSSR count). The maximum Gasteiger partial charge on any atom is 0.0928 e. The maximum absolute atomic E-state index is 4.43. The van der Waals surface area contributed by atoms with Crippen molar-refractivity contribution in [1.82, 2.24) is 20.2 Å². The molecule has 5 heteroatoms. The number of H-pyrrole nitrogens is 1. The summed E-state index contributed by atoms with van der Waals surface area (Å²) in [5.41, 5.74) is 6.08. The largest absolute Gasteiger partial charge is 0.379 e. The van der Waals surface area contributed by atoms with E-state index in [4.69, 9.17) is 0 Å². The minimum absolute atomic E-state index is 0.685. The van der Waals surface area contributed by atoms with Crippen LogP contribution >= 0.6 is 0 Å². The third-order valence-corrected chi connectivity index (χ3v) is 4.22. The molecule has 0 spiro atoms. The molecule has 0 amide bonds. The quantitative estimate of drug-likeness (QED) is 0.563. The Morgan fingerprint density at radius 3 is 2.62 bits per heavy atom. The van der Waals surface area contributed by atoms with Crippen molar-refractivity contribution in [2.75, 3.05) is 5.32 Å². The first-order valence-electron chi connectivity index (χ1n) is 8.51. The van der Waals surface area contributed by atoms with Crippen molar-refractivity contribution in [2.24, 2.45) is 0 Å². The summed E-state index contributed by atoms with van der Waals surface area (Å²) in [6, 6.07) is 16.0. The van der Waals surface area contributed by atoms with Crippen LogP contribution < -0.4 is 5.32 Å². The molecular formula is C21H19N5. The molecule has 0 unspecified atom stereocenters. The Bertz CT molecular complexity index is 1040. The fourth-order valence-electron chi connectivity index (χ4n) is 2.84. The summed E-state index contributed by atoms with van der Waals surface area (Å²) in [6.45, 7) is 2.77. The summed E-state index contributed by atoms with van der Waals surface area (Å²) in [6.07, 6.45) is 7.55. The number of fused-ring (bicyclic) bond motifs is 1. The van der Waals surface area contributed by atoms with E-state index >= 15 is 0 Å². The van der Waals surface area contributed by atoms with Crippen molar-refractivity contribution in [3.8, 4) is 0 Å². The van der Waals surface area contributed by atoms with E-state index in [0.29, 0.717) is 6.54 Å². The highest BCUT2D eigenvalue weighted by molar-refractivity contribution is 5.92. The number of aryl methyl sites for hydroxylation is 1. The van der Waals surface area contributed by atoms with Gasteiger partial charge in [-0.05, 0) is 61.0 Å². The molecule has 0 aliphatic carbocycles. The van der Waals surface area contributed by atoms with Crippen LogP contribution in [-0.4, -0.2) is 20.2 Å². The molecule has 0 fully saturated rings. The first kappa shape index (κ1) is 16.0. The Balaban J connectivity index is 1.61. The topological polar surface area (TPSA) is 66.5 Å². The Hall–Kier alpha value is -3.47. The number of anilines is 1. The number of hydrogen-bond donors (Lipinski definition) is 2. The molecule has 0 radical (unpaired) electrons. The number of hydrogen-bond acceptors (Lipinski definition) is 4. The van der Waals surface area contributed by atoms with E-state index < -0.39 is 0 Å². The molecule has 5 nitrogen and oxygen atoms in total. The van der Waals surface area contributed by atoms with Gasteiger partial charge in [0.25, 0.3) is 0 Å². The van der Waals surface area contributed by atoms with Crippen LogP contribution in [0.5, 0.6) is 0 Å². The standard InChI is InChI=1S/C21H19N5/c1-15-12-21-18(13-20(15)24-14-17-7-3-5-11-23-17)19(25-26-21)9-8-16-6-2-4-10-22-16/h2-13,24H,14H2,1H3,(H,25,26)/b9-8+. The fraction of sp³-hybridized carbons (Fsp3) is 0.0952. The zero-order valence-corrected chi connectivity index (χ0v) is 14.5. The van der Waals surface area contributed by atoms with Gasteiger partial charge in [0, 0.05) is 23.5 Å². The van der Waals surface area contributed by atoms with E-state index in [1.165, 1.54) is 0 Å². The molecule has 0 aliphatic rings. The summed E-state index contributed by atoms with van der Waals surface area (Å²) in [4.78, 5) is 8.67. The molecule has 4 aromatic rings. The summed E-state index contributed by atoms with van der Waals surface area (Å²) >= 11 is 0. The van der Waals surface area contributed by atoms with Crippen LogP contribution in [0.3, 0.4) is 0 Å². The van der Waals surface area contributed by atoms with Gasteiger partial charge in [-0.15, -0.1) is 0 Å². The van der Waals surface area contributed by atoms with Crippen molar-refractivity contribution in [2.45, 2.75) is 13.5 Å². The van der Waals surface area contributed by atoms with Crippen LogP contribution in [0, 0.1) is 6.92 Å². The van der Waals surface area contributed by atoms with Gasteiger partial charge in [-0.25, -0.2) is 0 Å². The highest BCUT2D eigenvalue weighted by atomic mass is 15.1. The van der Waals surface area contributed by atoms with E-state index in [0.717, 1.165) is 39.2 Å². The van der Waals surface area contributed by atoms with Crippen LogP contribution in [0.25, 0.3) is 23.1 Å². The molecule has 0 saturated carbocycles. The average Bonchev–Trinajstić information content (AvgIpc) is 3.08. The molecule has 1 aromatic carbocycles. The smallest absolute Gasteiger partial charge is 0.0928 e. The summed E-state index contributed by atoms with van der Waals surface area (Å²) < 4.78 is 0. The van der Waals surface area contributed by atoms with Crippen molar-refractivity contribution >= 4 is 28.7 Å². The Morgan fingerprint density at radius 2 is 1.85 bits per heavy atom. The van der Waals surface area contributed by atoms with E-state index in [-0.39, 0.29) is 0 Å². The molecule has 0 bridgehead atoms. The van der Waals surface area contributed by atoms with Gasteiger partial charge in [0.1, 0.15) is 0 Å². The van der Waals surface area contributed by atoms with E-state index in [2.05, 4.69) is 44.5 Å². The van der Waals surface area contributed by atoms with Gasteiger partial charge in [0.05, 0.1) is 29.1 Å². The zero-order valence-electron chi connectivity index (χ0n) is 14.5. The molecule has 0 saturated heterocycles. The lowest BCUT2D eigenvalue weighted by Crippen LogP contribution is -2.02. The number of benzene rings is 1. The van der Waals surface area contributed by atoms with Crippen LogP contribution in [0.15, 0.2) is 60.9 Å². The number of nitrogens with one attached hydrogen (secondary N) is 2. The predicted octanol–water partition coefficient (Wildman–Crippen LogP) is 4.44. The normalized spacial score (nSPS) is 11.3. The highest BCUT2D eigenvalue weighted by Gasteiger charge is 2.07. The van der Waals surface area contributed by atoms with Gasteiger partial charge in [-0.3, -0.25) is 15.1 Å². The monoisotopic (exact) mass is 341 g/mol. The van der Waals surface area contributed by atoms with Gasteiger partial charge in [-0.2, -0.15) is 5.10 Å². The Labute approximate surface area is 151 Å². The van der Waals surface area contributed by atoms with Crippen LogP contribution in [0.4, 0.5) is 5.69 Å². The van der Waals surface area contributed by atoms with E-state index in [1.807, 2.05) is 54.7 Å². The van der Waals surface area contributed by atoms with Crippen molar-refractivity contribution in [3.05, 3.63) is 83.6 Å². The number of aromatic nitrogens is 4.